The molecule has 0 saturated carbocycles. The molecule has 0 rings (SSSR count). The average Bonchev–Trinajstić information content (AvgIpc) is 2.17. The van der Waals surface area contributed by atoms with E-state index in [-0.39, 0.29) is 5.97 Å². The molecule has 0 amide bonds. The summed E-state index contributed by atoms with van der Waals surface area (Å²) in [6, 6.07) is 0. The maximum absolute atomic E-state index is 11.2. The summed E-state index contributed by atoms with van der Waals surface area (Å²) in [5.41, 5.74) is 0.645. The van der Waals surface area contributed by atoms with Crippen LogP contribution in [0.3, 0.4) is 0 Å². The molecule has 2 heteroatoms. The normalized spacial score (nSPS) is 14.4. The van der Waals surface area contributed by atoms with Gasteiger partial charge in [-0.15, -0.1) is 0 Å². The quantitative estimate of drug-likeness (QED) is 0.383. The predicted octanol–water partition coefficient (Wildman–Crippen LogP) is 3.10. The number of allylic oxidation sites excluding steroid dienone is 3. The van der Waals surface area contributed by atoms with Gasteiger partial charge in [0.15, 0.2) is 0 Å². The number of carbonyl (C=O) groups excluding carboxylic acids is 1. The van der Waals surface area contributed by atoms with Crippen LogP contribution in [0, 0.1) is 5.92 Å². The molecule has 80 valence electrons. The van der Waals surface area contributed by atoms with Crippen molar-refractivity contribution >= 4 is 5.97 Å². The Hall–Kier alpha value is -1.05. The van der Waals surface area contributed by atoms with Crippen LogP contribution in [0.1, 0.15) is 34.1 Å². The molecule has 0 heterocycles. The molecule has 0 aliphatic rings. The molecular weight excluding hydrogens is 176 g/mol. The van der Waals surface area contributed by atoms with Gasteiger partial charge in [0, 0.05) is 5.57 Å². The number of carbonyl (C=O) groups is 1. The molecular formula is C12H20O2. The monoisotopic (exact) mass is 196 g/mol. The molecule has 0 radical (unpaired) electrons. The first kappa shape index (κ1) is 12.9. The summed E-state index contributed by atoms with van der Waals surface area (Å²) in [5, 5.41) is 0. The van der Waals surface area contributed by atoms with E-state index in [1.54, 1.807) is 19.9 Å². The van der Waals surface area contributed by atoms with Gasteiger partial charge in [0.05, 0.1) is 6.61 Å². The van der Waals surface area contributed by atoms with Gasteiger partial charge in [-0.25, -0.2) is 4.79 Å². The molecule has 0 spiro atoms. The highest BCUT2D eigenvalue weighted by atomic mass is 16.5. The summed E-state index contributed by atoms with van der Waals surface area (Å²) >= 11 is 0. The molecule has 0 aliphatic carbocycles. The van der Waals surface area contributed by atoms with Gasteiger partial charge < -0.3 is 4.74 Å². The van der Waals surface area contributed by atoms with Crippen LogP contribution >= 0.6 is 0 Å². The number of rotatable bonds is 5. The molecule has 1 atom stereocenters. The summed E-state index contributed by atoms with van der Waals surface area (Å²) in [4.78, 5) is 11.2. The summed E-state index contributed by atoms with van der Waals surface area (Å²) in [7, 11) is 0. The van der Waals surface area contributed by atoms with Crippen LogP contribution in [0.5, 0.6) is 0 Å². The minimum absolute atomic E-state index is 0.235. The van der Waals surface area contributed by atoms with E-state index >= 15 is 0 Å². The fraction of sp³-hybridized carbons (Fsp3) is 0.583. The van der Waals surface area contributed by atoms with Crippen LogP contribution in [0.25, 0.3) is 0 Å². The Morgan fingerprint density at radius 1 is 1.43 bits per heavy atom. The third-order valence-electron chi connectivity index (χ3n) is 2.03. The molecule has 0 fully saturated rings. The summed E-state index contributed by atoms with van der Waals surface area (Å²) in [5.74, 6) is 0.322. The Bertz CT molecular complexity index is 226. The van der Waals surface area contributed by atoms with Crippen molar-refractivity contribution in [1.82, 2.24) is 0 Å². The van der Waals surface area contributed by atoms with Crippen molar-refractivity contribution in [1.29, 1.82) is 0 Å². The fourth-order valence-corrected chi connectivity index (χ4v) is 0.839. The van der Waals surface area contributed by atoms with E-state index in [0.717, 1.165) is 6.42 Å². The number of hydrogen-bond donors (Lipinski definition) is 0. The van der Waals surface area contributed by atoms with Crippen molar-refractivity contribution in [2.45, 2.75) is 34.1 Å². The van der Waals surface area contributed by atoms with Crippen molar-refractivity contribution in [2.75, 3.05) is 6.61 Å². The van der Waals surface area contributed by atoms with Crippen molar-refractivity contribution in [2.24, 2.45) is 5.92 Å². The third-order valence-corrected chi connectivity index (χ3v) is 2.03. The van der Waals surface area contributed by atoms with Gasteiger partial charge in [-0.1, -0.05) is 38.5 Å². The summed E-state index contributed by atoms with van der Waals surface area (Å²) in [6.07, 6.45) is 6.91. The van der Waals surface area contributed by atoms with Crippen LogP contribution in [-0.4, -0.2) is 12.6 Å². The molecule has 0 aliphatic heterocycles. The van der Waals surface area contributed by atoms with E-state index in [4.69, 9.17) is 4.74 Å². The summed E-state index contributed by atoms with van der Waals surface area (Å²) < 4.78 is 4.85. The maximum atomic E-state index is 11.2. The van der Waals surface area contributed by atoms with Crippen molar-refractivity contribution in [3.05, 3.63) is 23.8 Å². The number of hydrogen-bond acceptors (Lipinski definition) is 2. The van der Waals surface area contributed by atoms with Crippen LogP contribution in [0.15, 0.2) is 23.8 Å². The highest BCUT2D eigenvalue weighted by molar-refractivity contribution is 5.88. The molecule has 0 aromatic carbocycles. The third kappa shape index (κ3) is 5.57. The molecule has 0 aromatic rings. The standard InChI is InChI=1S/C12H20O2/c1-5-10(3)8-7-9-11(4)12(13)14-6-2/h7-10H,5-6H2,1-4H3/b8-7+,11-9+/t10-/m0/s1. The smallest absolute Gasteiger partial charge is 0.333 e. The van der Waals surface area contributed by atoms with Crippen LogP contribution in [-0.2, 0) is 9.53 Å². The highest BCUT2D eigenvalue weighted by Crippen LogP contribution is 2.03. The van der Waals surface area contributed by atoms with Crippen LogP contribution in [0.2, 0.25) is 0 Å². The lowest BCUT2D eigenvalue weighted by Gasteiger charge is -2.00. The fourth-order valence-electron chi connectivity index (χ4n) is 0.839. The molecule has 0 saturated heterocycles. The van der Waals surface area contributed by atoms with E-state index in [2.05, 4.69) is 19.9 Å². The van der Waals surface area contributed by atoms with E-state index in [1.807, 2.05) is 6.08 Å². The number of ether oxygens (including phenoxy) is 1. The molecule has 14 heavy (non-hydrogen) atoms. The van der Waals surface area contributed by atoms with Gasteiger partial charge in [0.1, 0.15) is 0 Å². The van der Waals surface area contributed by atoms with E-state index < -0.39 is 0 Å². The van der Waals surface area contributed by atoms with Crippen molar-refractivity contribution < 1.29 is 9.53 Å². The highest BCUT2D eigenvalue weighted by Gasteiger charge is 2.01. The Balaban J connectivity index is 4.11. The second-order valence-electron chi connectivity index (χ2n) is 3.34. The minimum atomic E-state index is -0.235. The first-order valence-electron chi connectivity index (χ1n) is 5.14. The molecule has 2 nitrogen and oxygen atoms in total. The minimum Gasteiger partial charge on any atom is -0.463 e. The lowest BCUT2D eigenvalue weighted by molar-refractivity contribution is -0.138. The first-order valence-corrected chi connectivity index (χ1v) is 5.14. The largest absolute Gasteiger partial charge is 0.463 e. The Labute approximate surface area is 86.6 Å². The summed E-state index contributed by atoms with van der Waals surface area (Å²) in [6.45, 7) is 8.28. The number of esters is 1. The SMILES string of the molecule is CCOC(=O)/C(C)=C/C=C/[C@@H](C)CC. The van der Waals surface area contributed by atoms with Crippen LogP contribution in [0.4, 0.5) is 0 Å². The van der Waals surface area contributed by atoms with Crippen molar-refractivity contribution in [3.8, 4) is 0 Å². The Morgan fingerprint density at radius 2 is 2.07 bits per heavy atom. The molecule has 0 unspecified atom stereocenters. The molecule has 0 N–H and O–H groups in total. The van der Waals surface area contributed by atoms with E-state index in [9.17, 15) is 4.79 Å². The van der Waals surface area contributed by atoms with E-state index in [1.165, 1.54) is 0 Å². The predicted molar refractivity (Wildman–Crippen MR) is 59.0 cm³/mol. The molecule has 0 aromatic heterocycles. The Kier molecular flexibility index (Phi) is 6.81. The zero-order chi connectivity index (χ0) is 11.0. The lowest BCUT2D eigenvalue weighted by atomic mass is 10.1. The van der Waals surface area contributed by atoms with Gasteiger partial charge >= 0.3 is 5.97 Å². The zero-order valence-electron chi connectivity index (χ0n) is 9.54. The average molecular weight is 196 g/mol. The van der Waals surface area contributed by atoms with E-state index in [0.29, 0.717) is 18.1 Å². The van der Waals surface area contributed by atoms with Gasteiger partial charge in [-0.05, 0) is 19.8 Å². The second-order valence-corrected chi connectivity index (χ2v) is 3.34. The molecule has 0 bridgehead atoms. The topological polar surface area (TPSA) is 26.3 Å². The van der Waals surface area contributed by atoms with Crippen LogP contribution < -0.4 is 0 Å². The van der Waals surface area contributed by atoms with Gasteiger partial charge in [0.25, 0.3) is 0 Å². The lowest BCUT2D eigenvalue weighted by Crippen LogP contribution is -2.04. The van der Waals surface area contributed by atoms with Crippen molar-refractivity contribution in [3.63, 3.8) is 0 Å². The second kappa shape index (κ2) is 7.36. The zero-order valence-corrected chi connectivity index (χ0v) is 9.54. The van der Waals surface area contributed by atoms with Gasteiger partial charge in [-0.3, -0.25) is 0 Å². The first-order chi connectivity index (χ1) is 6.61. The van der Waals surface area contributed by atoms with Gasteiger partial charge in [-0.2, -0.15) is 0 Å². The maximum Gasteiger partial charge on any atom is 0.333 e. The Morgan fingerprint density at radius 3 is 2.57 bits per heavy atom. The van der Waals surface area contributed by atoms with Gasteiger partial charge in [0.2, 0.25) is 0 Å².